The molecule has 0 aromatic carbocycles. The molecule has 3 aromatic heterocycles. The summed E-state index contributed by atoms with van der Waals surface area (Å²) in [7, 11) is 1.33. The molecule has 3 aromatic rings. The second-order valence-corrected chi connectivity index (χ2v) is 6.40. The number of amides is 1. The van der Waals surface area contributed by atoms with Crippen molar-refractivity contribution in [2.24, 2.45) is 0 Å². The predicted octanol–water partition coefficient (Wildman–Crippen LogP) is 2.74. The Morgan fingerprint density at radius 3 is 2.96 bits per heavy atom. The van der Waals surface area contributed by atoms with Gasteiger partial charge in [-0.3, -0.25) is 9.59 Å². The van der Waals surface area contributed by atoms with E-state index in [1.165, 1.54) is 18.4 Å². The lowest BCUT2D eigenvalue weighted by atomic mass is 10.1. The van der Waals surface area contributed by atoms with Crippen LogP contribution in [0, 0.1) is 6.92 Å². The number of methoxy groups -OCH3 is 1. The molecule has 0 aliphatic carbocycles. The second-order valence-electron chi connectivity index (χ2n) is 5.42. The largest absolute Gasteiger partial charge is 0.469 e. The summed E-state index contributed by atoms with van der Waals surface area (Å²) < 4.78 is 6.52. The number of ether oxygens (including phenoxy) is 1. The summed E-state index contributed by atoms with van der Waals surface area (Å²) in [5.41, 5.74) is 2.09. The van der Waals surface area contributed by atoms with Gasteiger partial charge in [-0.15, -0.1) is 11.3 Å². The van der Waals surface area contributed by atoms with Crippen LogP contribution in [-0.2, 0) is 9.53 Å². The maximum atomic E-state index is 12.5. The Kier molecular flexibility index (Phi) is 4.61. The fourth-order valence-corrected chi connectivity index (χ4v) is 3.17. The number of nitrogens with zero attached hydrogens (tertiary/aromatic N) is 2. The SMILES string of the molecule is COC(=O)CC(NC(=O)c1cn2ccc(C)cc2n1)c1cccs1. The van der Waals surface area contributed by atoms with Crippen molar-refractivity contribution in [2.45, 2.75) is 19.4 Å². The third kappa shape index (κ3) is 3.46. The zero-order valence-corrected chi connectivity index (χ0v) is 14.2. The number of hydrogen-bond donors (Lipinski definition) is 1. The molecule has 0 aliphatic heterocycles. The third-order valence-corrected chi connectivity index (χ3v) is 4.62. The summed E-state index contributed by atoms with van der Waals surface area (Å²) in [5, 5.41) is 4.77. The molecule has 0 fully saturated rings. The van der Waals surface area contributed by atoms with Gasteiger partial charge >= 0.3 is 5.97 Å². The van der Waals surface area contributed by atoms with Gasteiger partial charge < -0.3 is 14.5 Å². The van der Waals surface area contributed by atoms with Gasteiger partial charge in [-0.05, 0) is 36.1 Å². The topological polar surface area (TPSA) is 72.7 Å². The Morgan fingerprint density at radius 1 is 1.42 bits per heavy atom. The average molecular weight is 343 g/mol. The monoisotopic (exact) mass is 343 g/mol. The first kappa shape index (κ1) is 16.2. The molecule has 1 amide bonds. The van der Waals surface area contributed by atoms with Gasteiger partial charge in [0, 0.05) is 17.3 Å². The molecule has 7 heteroatoms. The van der Waals surface area contributed by atoms with Crippen LogP contribution in [0.3, 0.4) is 0 Å². The molecule has 0 bridgehead atoms. The highest BCUT2D eigenvalue weighted by Gasteiger charge is 2.21. The zero-order chi connectivity index (χ0) is 17.1. The van der Waals surface area contributed by atoms with E-state index in [2.05, 4.69) is 10.3 Å². The molecule has 3 rings (SSSR count). The van der Waals surface area contributed by atoms with Gasteiger partial charge in [-0.25, -0.2) is 4.98 Å². The number of thiophene rings is 1. The molecule has 0 saturated carbocycles. The summed E-state index contributed by atoms with van der Waals surface area (Å²) in [6, 6.07) is 7.18. The van der Waals surface area contributed by atoms with E-state index in [9.17, 15) is 9.59 Å². The Balaban J connectivity index is 1.82. The van der Waals surface area contributed by atoms with Gasteiger partial charge in [0.1, 0.15) is 11.3 Å². The first-order chi connectivity index (χ1) is 11.6. The molecule has 24 heavy (non-hydrogen) atoms. The van der Waals surface area contributed by atoms with Crippen LogP contribution in [0.25, 0.3) is 5.65 Å². The number of rotatable bonds is 5. The molecule has 0 spiro atoms. The summed E-state index contributed by atoms with van der Waals surface area (Å²) in [4.78, 5) is 29.4. The van der Waals surface area contributed by atoms with Crippen molar-refractivity contribution in [2.75, 3.05) is 7.11 Å². The minimum absolute atomic E-state index is 0.0786. The first-order valence-electron chi connectivity index (χ1n) is 7.43. The Labute approximate surface area is 143 Å². The van der Waals surface area contributed by atoms with E-state index in [0.29, 0.717) is 11.3 Å². The van der Waals surface area contributed by atoms with E-state index in [4.69, 9.17) is 4.74 Å². The summed E-state index contributed by atoms with van der Waals surface area (Å²) >= 11 is 1.48. The van der Waals surface area contributed by atoms with Crippen LogP contribution >= 0.6 is 11.3 Å². The van der Waals surface area contributed by atoms with Crippen LogP contribution in [0.1, 0.15) is 33.4 Å². The number of carbonyl (C=O) groups excluding carboxylic acids is 2. The smallest absolute Gasteiger partial charge is 0.307 e. The van der Waals surface area contributed by atoms with Crippen molar-refractivity contribution in [1.29, 1.82) is 0 Å². The van der Waals surface area contributed by atoms with Crippen molar-refractivity contribution < 1.29 is 14.3 Å². The Bertz CT molecular complexity index is 870. The van der Waals surface area contributed by atoms with E-state index in [0.717, 1.165) is 10.4 Å². The molecular weight excluding hydrogens is 326 g/mol. The number of nitrogens with one attached hydrogen (secondary N) is 1. The second kappa shape index (κ2) is 6.84. The lowest BCUT2D eigenvalue weighted by Gasteiger charge is -2.15. The van der Waals surface area contributed by atoms with Gasteiger partial charge in [-0.2, -0.15) is 0 Å². The van der Waals surface area contributed by atoms with Crippen molar-refractivity contribution in [3.8, 4) is 0 Å². The molecule has 1 atom stereocenters. The molecule has 1 unspecified atom stereocenters. The first-order valence-corrected chi connectivity index (χ1v) is 8.31. The van der Waals surface area contributed by atoms with Gasteiger partial charge in [0.2, 0.25) is 0 Å². The van der Waals surface area contributed by atoms with Gasteiger partial charge in [0.25, 0.3) is 5.91 Å². The number of carbonyl (C=O) groups is 2. The molecule has 0 aliphatic rings. The van der Waals surface area contributed by atoms with E-state index in [1.807, 2.05) is 42.8 Å². The van der Waals surface area contributed by atoms with Crippen molar-refractivity contribution >= 4 is 28.9 Å². The number of hydrogen-bond acceptors (Lipinski definition) is 5. The predicted molar refractivity (Wildman–Crippen MR) is 91.1 cm³/mol. The zero-order valence-electron chi connectivity index (χ0n) is 13.4. The summed E-state index contributed by atoms with van der Waals surface area (Å²) in [6.07, 6.45) is 3.61. The number of pyridine rings is 1. The number of imidazole rings is 1. The van der Waals surface area contributed by atoms with Crippen LogP contribution in [0.15, 0.2) is 42.0 Å². The van der Waals surface area contributed by atoms with Gasteiger partial charge in [0.05, 0.1) is 19.6 Å². The molecule has 0 saturated heterocycles. The maximum Gasteiger partial charge on any atom is 0.307 e. The normalized spacial score (nSPS) is 12.1. The van der Waals surface area contributed by atoms with Gasteiger partial charge in [0.15, 0.2) is 0 Å². The highest BCUT2D eigenvalue weighted by Crippen LogP contribution is 2.23. The number of fused-ring (bicyclic) bond motifs is 1. The molecule has 1 N–H and O–H groups in total. The summed E-state index contributed by atoms with van der Waals surface area (Å²) in [5.74, 6) is -0.696. The minimum Gasteiger partial charge on any atom is -0.469 e. The lowest BCUT2D eigenvalue weighted by Crippen LogP contribution is -2.30. The van der Waals surface area contributed by atoms with Crippen LogP contribution < -0.4 is 5.32 Å². The van der Waals surface area contributed by atoms with Crippen molar-refractivity contribution in [3.05, 3.63) is 58.2 Å². The molecule has 124 valence electrons. The van der Waals surface area contributed by atoms with E-state index >= 15 is 0 Å². The highest BCUT2D eigenvalue weighted by atomic mass is 32.1. The molecular formula is C17H17N3O3S. The quantitative estimate of drug-likeness (QED) is 0.723. The fourth-order valence-electron chi connectivity index (χ4n) is 2.39. The fraction of sp³-hybridized carbons (Fsp3) is 0.235. The van der Waals surface area contributed by atoms with E-state index in [1.54, 1.807) is 10.6 Å². The van der Waals surface area contributed by atoms with Crippen molar-refractivity contribution in [3.63, 3.8) is 0 Å². The number of aryl methyl sites for hydroxylation is 1. The number of esters is 1. The molecule has 6 nitrogen and oxygen atoms in total. The molecule has 3 heterocycles. The van der Waals surface area contributed by atoms with E-state index in [-0.39, 0.29) is 18.3 Å². The Morgan fingerprint density at radius 2 is 2.25 bits per heavy atom. The lowest BCUT2D eigenvalue weighted by molar-refractivity contribution is -0.141. The van der Waals surface area contributed by atoms with E-state index < -0.39 is 6.04 Å². The van der Waals surface area contributed by atoms with Crippen LogP contribution in [-0.4, -0.2) is 28.4 Å². The van der Waals surface area contributed by atoms with Gasteiger partial charge in [-0.1, -0.05) is 6.07 Å². The number of aromatic nitrogens is 2. The highest BCUT2D eigenvalue weighted by molar-refractivity contribution is 7.10. The molecule has 0 radical (unpaired) electrons. The van der Waals surface area contributed by atoms with Crippen LogP contribution in [0.5, 0.6) is 0 Å². The van der Waals surface area contributed by atoms with Crippen LogP contribution in [0.4, 0.5) is 0 Å². The average Bonchev–Trinajstić information content (AvgIpc) is 3.22. The minimum atomic E-state index is -0.434. The Hall–Kier alpha value is -2.67. The summed E-state index contributed by atoms with van der Waals surface area (Å²) in [6.45, 7) is 1.97. The van der Waals surface area contributed by atoms with Crippen molar-refractivity contribution in [1.82, 2.24) is 14.7 Å². The van der Waals surface area contributed by atoms with Crippen LogP contribution in [0.2, 0.25) is 0 Å². The maximum absolute atomic E-state index is 12.5. The standard InChI is InChI=1S/C17H17N3O3S/c1-11-5-6-20-10-13(18-15(20)8-11)17(22)19-12(9-16(21)23-2)14-4-3-7-24-14/h3-8,10,12H,9H2,1-2H3,(H,19,22). The third-order valence-electron chi connectivity index (χ3n) is 3.64.